The Morgan fingerprint density at radius 1 is 1.06 bits per heavy atom. The van der Waals surface area contributed by atoms with E-state index in [-0.39, 0.29) is 18.2 Å². The monoisotopic (exact) mass is 486 g/mol. The molecule has 0 atom stereocenters. The molecule has 4 aromatic rings. The first kappa shape index (κ1) is 24.1. The topological polar surface area (TPSA) is 126 Å². The number of rotatable bonds is 9. The molecule has 1 aromatic heterocycles. The third kappa shape index (κ3) is 5.92. The minimum absolute atomic E-state index is 0.0167. The van der Waals surface area contributed by atoms with E-state index in [4.69, 9.17) is 9.47 Å². The number of aromatic nitrogens is 2. The molecule has 10 heteroatoms. The van der Waals surface area contributed by atoms with Gasteiger partial charge in [-0.1, -0.05) is 30.3 Å². The second-order valence-electron chi connectivity index (χ2n) is 7.77. The number of carbonyl (C=O) groups is 2. The Kier molecular flexibility index (Phi) is 7.35. The van der Waals surface area contributed by atoms with Gasteiger partial charge in [0.2, 0.25) is 0 Å². The van der Waals surface area contributed by atoms with Crippen LogP contribution < -0.4 is 10.1 Å². The molecule has 0 radical (unpaired) electrons. The van der Waals surface area contributed by atoms with Crippen LogP contribution in [0.4, 0.5) is 11.4 Å². The van der Waals surface area contributed by atoms with E-state index in [2.05, 4.69) is 10.4 Å². The molecule has 0 saturated carbocycles. The fourth-order valence-electron chi connectivity index (χ4n) is 3.49. The quantitative estimate of drug-likeness (QED) is 0.210. The molecule has 10 nitrogen and oxygen atoms in total. The summed E-state index contributed by atoms with van der Waals surface area (Å²) in [6.45, 7) is 0.521. The molecule has 0 fully saturated rings. The van der Waals surface area contributed by atoms with Crippen molar-refractivity contribution < 1.29 is 24.0 Å². The van der Waals surface area contributed by atoms with Crippen molar-refractivity contribution in [1.82, 2.24) is 9.78 Å². The van der Waals surface area contributed by atoms with Gasteiger partial charge in [0, 0.05) is 23.9 Å². The number of methoxy groups -OCH3 is 1. The van der Waals surface area contributed by atoms with Gasteiger partial charge in [-0.3, -0.25) is 19.6 Å². The van der Waals surface area contributed by atoms with Crippen LogP contribution >= 0.6 is 0 Å². The van der Waals surface area contributed by atoms with Crippen LogP contribution in [0.2, 0.25) is 0 Å². The van der Waals surface area contributed by atoms with Crippen molar-refractivity contribution >= 4 is 23.3 Å². The van der Waals surface area contributed by atoms with Gasteiger partial charge in [0.05, 0.1) is 36.0 Å². The molecular weight excluding hydrogens is 464 g/mol. The van der Waals surface area contributed by atoms with Crippen LogP contribution in [0.3, 0.4) is 0 Å². The number of anilines is 1. The number of amides is 1. The van der Waals surface area contributed by atoms with Gasteiger partial charge < -0.3 is 14.8 Å². The van der Waals surface area contributed by atoms with Crippen molar-refractivity contribution in [3.63, 3.8) is 0 Å². The number of hydrogen-bond donors (Lipinski definition) is 1. The predicted molar refractivity (Wildman–Crippen MR) is 131 cm³/mol. The Bertz CT molecular complexity index is 1400. The second-order valence-corrected chi connectivity index (χ2v) is 7.77. The number of carbonyl (C=O) groups excluding carboxylic acids is 2. The Labute approximate surface area is 206 Å². The zero-order chi connectivity index (χ0) is 25.5. The Morgan fingerprint density at radius 3 is 2.58 bits per heavy atom. The molecule has 0 aliphatic rings. The SMILES string of the molecule is COC(=O)c1ccccc1Cn1cc(NC(=O)c2cccc(COc3ccc([N+](=O)[O-])cc3)c2)cn1. The van der Waals surface area contributed by atoms with Gasteiger partial charge >= 0.3 is 5.97 Å². The molecule has 0 aliphatic carbocycles. The van der Waals surface area contributed by atoms with Gasteiger partial charge in [-0.05, 0) is 41.5 Å². The highest BCUT2D eigenvalue weighted by atomic mass is 16.6. The highest BCUT2D eigenvalue weighted by Gasteiger charge is 2.13. The second kappa shape index (κ2) is 11.0. The zero-order valence-corrected chi connectivity index (χ0v) is 19.3. The maximum atomic E-state index is 12.8. The maximum Gasteiger partial charge on any atom is 0.338 e. The highest BCUT2D eigenvalue weighted by molar-refractivity contribution is 6.04. The average molecular weight is 486 g/mol. The third-order valence-electron chi connectivity index (χ3n) is 5.29. The summed E-state index contributed by atoms with van der Waals surface area (Å²) in [5, 5.41) is 17.8. The van der Waals surface area contributed by atoms with Crippen LogP contribution in [0.1, 0.15) is 31.8 Å². The van der Waals surface area contributed by atoms with Crippen molar-refractivity contribution in [3.05, 3.63) is 118 Å². The molecule has 36 heavy (non-hydrogen) atoms. The molecule has 1 N–H and O–H groups in total. The molecule has 3 aromatic carbocycles. The van der Waals surface area contributed by atoms with E-state index in [0.717, 1.165) is 11.1 Å². The van der Waals surface area contributed by atoms with Gasteiger partial charge in [-0.2, -0.15) is 5.10 Å². The van der Waals surface area contributed by atoms with Gasteiger partial charge in [0.15, 0.2) is 0 Å². The normalized spacial score (nSPS) is 10.5. The molecule has 0 aliphatic heterocycles. The summed E-state index contributed by atoms with van der Waals surface area (Å²) in [6, 6.07) is 19.8. The summed E-state index contributed by atoms with van der Waals surface area (Å²) in [6.07, 6.45) is 3.20. The molecule has 1 heterocycles. The summed E-state index contributed by atoms with van der Waals surface area (Å²) in [4.78, 5) is 35.0. The van der Waals surface area contributed by atoms with Gasteiger partial charge in [0.25, 0.3) is 11.6 Å². The fourth-order valence-corrected chi connectivity index (χ4v) is 3.49. The van der Waals surface area contributed by atoms with Crippen molar-refractivity contribution in [3.8, 4) is 5.75 Å². The van der Waals surface area contributed by atoms with Crippen LogP contribution in [0.15, 0.2) is 85.2 Å². The maximum absolute atomic E-state index is 12.8. The lowest BCUT2D eigenvalue weighted by Gasteiger charge is -2.08. The van der Waals surface area contributed by atoms with E-state index in [9.17, 15) is 19.7 Å². The molecule has 4 rings (SSSR count). The Hall–Kier alpha value is -4.99. The first-order valence-corrected chi connectivity index (χ1v) is 10.9. The van der Waals surface area contributed by atoms with E-state index < -0.39 is 10.9 Å². The van der Waals surface area contributed by atoms with Gasteiger partial charge in [0.1, 0.15) is 12.4 Å². The number of nitro benzene ring substituents is 1. The molecule has 0 spiro atoms. The lowest BCUT2D eigenvalue weighted by molar-refractivity contribution is -0.384. The zero-order valence-electron chi connectivity index (χ0n) is 19.3. The number of nitrogens with zero attached hydrogens (tertiary/aromatic N) is 3. The van der Waals surface area contributed by atoms with Crippen LogP contribution in [0.5, 0.6) is 5.75 Å². The molecule has 1 amide bonds. The minimum atomic E-state index is -0.475. The number of benzene rings is 3. The standard InChI is InChI=1S/C26H22N4O6/c1-35-26(32)24-8-3-2-6-20(24)15-29-16-21(14-27-29)28-25(31)19-7-4-5-18(13-19)17-36-23-11-9-22(10-12-23)30(33)34/h2-14,16H,15,17H2,1H3,(H,28,31). The van der Waals surface area contributed by atoms with E-state index in [1.807, 2.05) is 18.2 Å². The Balaban J connectivity index is 1.37. The molecule has 182 valence electrons. The summed E-state index contributed by atoms with van der Waals surface area (Å²) >= 11 is 0. The van der Waals surface area contributed by atoms with E-state index in [0.29, 0.717) is 29.1 Å². The largest absolute Gasteiger partial charge is 0.489 e. The summed E-state index contributed by atoms with van der Waals surface area (Å²) in [5.74, 6) is -0.262. The summed E-state index contributed by atoms with van der Waals surface area (Å²) in [5.41, 5.74) is 2.87. The van der Waals surface area contributed by atoms with Crippen molar-refractivity contribution in [1.29, 1.82) is 0 Å². The van der Waals surface area contributed by atoms with Crippen molar-refractivity contribution in [2.24, 2.45) is 0 Å². The number of ether oxygens (including phenoxy) is 2. The van der Waals surface area contributed by atoms with Crippen LogP contribution in [-0.2, 0) is 17.9 Å². The number of nitrogens with one attached hydrogen (secondary N) is 1. The Morgan fingerprint density at radius 2 is 1.83 bits per heavy atom. The van der Waals surface area contributed by atoms with Crippen molar-refractivity contribution in [2.75, 3.05) is 12.4 Å². The number of hydrogen-bond acceptors (Lipinski definition) is 7. The number of non-ortho nitro benzene ring substituents is 1. The molecular formula is C26H22N4O6. The van der Waals surface area contributed by atoms with Crippen molar-refractivity contribution in [2.45, 2.75) is 13.2 Å². The average Bonchev–Trinajstić information content (AvgIpc) is 3.34. The number of esters is 1. The molecule has 0 unspecified atom stereocenters. The van der Waals surface area contributed by atoms with Gasteiger partial charge in [-0.25, -0.2) is 4.79 Å². The third-order valence-corrected chi connectivity index (χ3v) is 5.29. The smallest absolute Gasteiger partial charge is 0.338 e. The van der Waals surface area contributed by atoms with Crippen LogP contribution in [0, 0.1) is 10.1 Å². The first-order valence-electron chi connectivity index (χ1n) is 10.9. The van der Waals surface area contributed by atoms with Gasteiger partial charge in [-0.15, -0.1) is 0 Å². The minimum Gasteiger partial charge on any atom is -0.489 e. The summed E-state index contributed by atoms with van der Waals surface area (Å²) < 4.78 is 12.1. The van der Waals surface area contributed by atoms with E-state index in [1.165, 1.54) is 37.6 Å². The van der Waals surface area contributed by atoms with E-state index in [1.54, 1.807) is 41.2 Å². The lowest BCUT2D eigenvalue weighted by atomic mass is 10.1. The van der Waals surface area contributed by atoms with Crippen LogP contribution in [-0.4, -0.2) is 33.7 Å². The molecule has 0 saturated heterocycles. The van der Waals surface area contributed by atoms with Crippen LogP contribution in [0.25, 0.3) is 0 Å². The highest BCUT2D eigenvalue weighted by Crippen LogP contribution is 2.19. The fraction of sp³-hybridized carbons (Fsp3) is 0.115. The molecule has 0 bridgehead atoms. The van der Waals surface area contributed by atoms with E-state index >= 15 is 0 Å². The number of nitro groups is 1. The first-order chi connectivity index (χ1) is 17.4. The lowest BCUT2D eigenvalue weighted by Crippen LogP contribution is -2.12. The predicted octanol–water partition coefficient (Wildman–Crippen LogP) is 4.46. The summed E-state index contributed by atoms with van der Waals surface area (Å²) in [7, 11) is 1.33.